The third-order valence-electron chi connectivity index (χ3n) is 7.16. The maximum absolute atomic E-state index is 13.5. The Labute approximate surface area is 209 Å². The van der Waals surface area contributed by atoms with E-state index in [9.17, 15) is 9.18 Å². The second-order valence-electron chi connectivity index (χ2n) is 9.52. The van der Waals surface area contributed by atoms with Crippen molar-refractivity contribution in [2.75, 3.05) is 32.6 Å². The molecule has 1 saturated heterocycles. The lowest BCUT2D eigenvalue weighted by molar-refractivity contribution is -0.145. The van der Waals surface area contributed by atoms with Crippen LogP contribution in [0.4, 0.5) is 10.1 Å². The highest BCUT2D eigenvalue weighted by Crippen LogP contribution is 2.44. The topological polar surface area (TPSA) is 86.6 Å². The van der Waals surface area contributed by atoms with E-state index >= 15 is 0 Å². The molecule has 190 valence electrons. The molecule has 2 aliphatic heterocycles. The number of anilines is 1. The fourth-order valence-electron chi connectivity index (χ4n) is 5.09. The Morgan fingerprint density at radius 3 is 2.75 bits per heavy atom. The SMILES string of the molecule is COC(=O)[C@]1(C)CCc2c(ccc(-c3cnn(C4CCNCC4OC)c3)c2Oc2ccc(F)cc2)N1. The number of carbonyl (C=O) groups excluding carboxylic acids is 1. The van der Waals surface area contributed by atoms with Crippen molar-refractivity contribution in [3.8, 4) is 22.6 Å². The summed E-state index contributed by atoms with van der Waals surface area (Å²) < 4.78 is 32.6. The van der Waals surface area contributed by atoms with Crippen molar-refractivity contribution >= 4 is 11.7 Å². The fourth-order valence-corrected chi connectivity index (χ4v) is 5.09. The Balaban J connectivity index is 1.55. The van der Waals surface area contributed by atoms with Gasteiger partial charge in [-0.2, -0.15) is 5.10 Å². The van der Waals surface area contributed by atoms with Crippen LogP contribution >= 0.6 is 0 Å². The van der Waals surface area contributed by atoms with E-state index in [4.69, 9.17) is 14.2 Å². The van der Waals surface area contributed by atoms with Crippen LogP contribution < -0.4 is 15.4 Å². The highest BCUT2D eigenvalue weighted by molar-refractivity contribution is 5.87. The van der Waals surface area contributed by atoms with Crippen molar-refractivity contribution in [1.82, 2.24) is 15.1 Å². The summed E-state index contributed by atoms with van der Waals surface area (Å²) in [5, 5.41) is 11.4. The van der Waals surface area contributed by atoms with E-state index in [1.165, 1.54) is 19.2 Å². The summed E-state index contributed by atoms with van der Waals surface area (Å²) in [6.45, 7) is 3.52. The minimum absolute atomic E-state index is 0.0326. The van der Waals surface area contributed by atoms with Crippen molar-refractivity contribution in [2.24, 2.45) is 0 Å². The van der Waals surface area contributed by atoms with E-state index in [1.54, 1.807) is 19.2 Å². The standard InChI is InChI=1S/C27H31FN4O4/c1-27(26(33)35-3)12-10-21-22(31-27)9-8-20(25(21)36-19-6-4-18(28)5-7-19)17-14-30-32(16-17)23-11-13-29-15-24(23)34-2/h4-9,14,16,23-24,29,31H,10-13,15H2,1-3H3/t23?,24?,27-/m0/s1. The van der Waals surface area contributed by atoms with Crippen LogP contribution in [0.3, 0.4) is 0 Å². The lowest BCUT2D eigenvalue weighted by Gasteiger charge is -2.35. The molecule has 3 heterocycles. The molecule has 8 nitrogen and oxygen atoms in total. The van der Waals surface area contributed by atoms with Gasteiger partial charge >= 0.3 is 5.97 Å². The molecule has 2 unspecified atom stereocenters. The molecule has 3 atom stereocenters. The number of esters is 1. The highest BCUT2D eigenvalue weighted by atomic mass is 19.1. The van der Waals surface area contributed by atoms with Crippen LogP contribution in [0.5, 0.6) is 11.5 Å². The molecule has 2 N–H and O–H groups in total. The molecule has 1 fully saturated rings. The average Bonchev–Trinajstić information content (AvgIpc) is 3.39. The van der Waals surface area contributed by atoms with Gasteiger partial charge < -0.3 is 24.8 Å². The third-order valence-corrected chi connectivity index (χ3v) is 7.16. The van der Waals surface area contributed by atoms with Crippen LogP contribution in [-0.4, -0.2) is 54.7 Å². The maximum atomic E-state index is 13.5. The van der Waals surface area contributed by atoms with Crippen LogP contribution in [0, 0.1) is 5.82 Å². The van der Waals surface area contributed by atoms with Crippen molar-refractivity contribution < 1.29 is 23.4 Å². The minimum atomic E-state index is -0.828. The molecule has 1 aromatic heterocycles. The normalized spacial score (nSPS) is 23.4. The number of nitrogens with one attached hydrogen (secondary N) is 2. The number of hydrogen-bond acceptors (Lipinski definition) is 7. The number of halogens is 1. The number of aromatic nitrogens is 2. The van der Waals surface area contributed by atoms with Gasteiger partial charge in [-0.15, -0.1) is 0 Å². The van der Waals surface area contributed by atoms with Gasteiger partial charge in [0.15, 0.2) is 0 Å². The minimum Gasteiger partial charge on any atom is -0.467 e. The first-order chi connectivity index (χ1) is 17.4. The van der Waals surface area contributed by atoms with Gasteiger partial charge in [0, 0.05) is 42.2 Å². The first kappa shape index (κ1) is 24.3. The monoisotopic (exact) mass is 494 g/mol. The zero-order valence-electron chi connectivity index (χ0n) is 20.7. The molecule has 3 aromatic rings. The Hall–Kier alpha value is -3.43. The average molecular weight is 495 g/mol. The van der Waals surface area contributed by atoms with Crippen LogP contribution in [0.15, 0.2) is 48.8 Å². The van der Waals surface area contributed by atoms with Crippen LogP contribution in [-0.2, 0) is 20.7 Å². The van der Waals surface area contributed by atoms with E-state index in [0.29, 0.717) is 24.3 Å². The summed E-state index contributed by atoms with van der Waals surface area (Å²) in [5.74, 6) is 0.544. The number of benzene rings is 2. The molecule has 2 aromatic carbocycles. The molecule has 0 bridgehead atoms. The molecular weight excluding hydrogens is 463 g/mol. The second-order valence-corrected chi connectivity index (χ2v) is 9.52. The van der Waals surface area contributed by atoms with E-state index in [-0.39, 0.29) is 23.9 Å². The molecule has 9 heteroatoms. The van der Waals surface area contributed by atoms with Crippen LogP contribution in [0.25, 0.3) is 11.1 Å². The number of fused-ring (bicyclic) bond motifs is 1. The van der Waals surface area contributed by atoms with Gasteiger partial charge in [-0.3, -0.25) is 4.68 Å². The highest BCUT2D eigenvalue weighted by Gasteiger charge is 2.39. The lowest BCUT2D eigenvalue weighted by Crippen LogP contribution is -2.47. The Morgan fingerprint density at radius 1 is 1.19 bits per heavy atom. The van der Waals surface area contributed by atoms with Gasteiger partial charge in [-0.1, -0.05) is 0 Å². The number of nitrogens with zero attached hydrogens (tertiary/aromatic N) is 2. The largest absolute Gasteiger partial charge is 0.467 e. The molecule has 0 radical (unpaired) electrons. The lowest BCUT2D eigenvalue weighted by atomic mass is 9.86. The van der Waals surface area contributed by atoms with Gasteiger partial charge in [-0.25, -0.2) is 9.18 Å². The van der Waals surface area contributed by atoms with E-state index < -0.39 is 5.54 Å². The zero-order chi connectivity index (χ0) is 25.3. The zero-order valence-corrected chi connectivity index (χ0v) is 20.7. The maximum Gasteiger partial charge on any atom is 0.331 e. The molecule has 0 spiro atoms. The van der Waals surface area contributed by atoms with Crippen LogP contribution in [0.1, 0.15) is 31.4 Å². The summed E-state index contributed by atoms with van der Waals surface area (Å²) in [4.78, 5) is 12.4. The van der Waals surface area contributed by atoms with E-state index in [0.717, 1.165) is 41.9 Å². The van der Waals surface area contributed by atoms with Gasteiger partial charge in [-0.05, 0) is 69.1 Å². The Bertz CT molecular complexity index is 1250. The summed E-state index contributed by atoms with van der Waals surface area (Å²) in [6, 6.07) is 10.0. The van der Waals surface area contributed by atoms with Crippen molar-refractivity contribution in [2.45, 2.75) is 43.9 Å². The third kappa shape index (κ3) is 4.56. The molecule has 36 heavy (non-hydrogen) atoms. The number of rotatable bonds is 6. The van der Waals surface area contributed by atoms with Crippen LogP contribution in [0.2, 0.25) is 0 Å². The first-order valence-electron chi connectivity index (χ1n) is 12.2. The van der Waals surface area contributed by atoms with E-state index in [2.05, 4.69) is 15.7 Å². The predicted molar refractivity (Wildman–Crippen MR) is 134 cm³/mol. The predicted octanol–water partition coefficient (Wildman–Crippen LogP) is 4.32. The van der Waals surface area contributed by atoms with Crippen molar-refractivity contribution in [3.05, 3.63) is 60.2 Å². The summed E-state index contributed by atoms with van der Waals surface area (Å²) in [7, 11) is 3.12. The molecule has 0 aliphatic carbocycles. The molecule has 5 rings (SSSR count). The van der Waals surface area contributed by atoms with Crippen molar-refractivity contribution in [3.63, 3.8) is 0 Å². The van der Waals surface area contributed by atoms with Gasteiger partial charge in [0.25, 0.3) is 0 Å². The molecule has 0 saturated carbocycles. The molecule has 2 aliphatic rings. The summed E-state index contributed by atoms with van der Waals surface area (Å²) in [5.41, 5.74) is 2.70. The van der Waals surface area contributed by atoms with Gasteiger partial charge in [0.1, 0.15) is 22.9 Å². The molecular formula is C27H31FN4O4. The Kier molecular flexibility index (Phi) is 6.68. The van der Waals surface area contributed by atoms with Gasteiger partial charge in [0.2, 0.25) is 0 Å². The molecule has 0 amide bonds. The number of ether oxygens (including phenoxy) is 3. The quantitative estimate of drug-likeness (QED) is 0.494. The number of methoxy groups -OCH3 is 2. The number of hydrogen-bond donors (Lipinski definition) is 2. The smallest absolute Gasteiger partial charge is 0.331 e. The first-order valence-corrected chi connectivity index (χ1v) is 12.2. The number of piperidine rings is 1. The Morgan fingerprint density at radius 2 is 2.00 bits per heavy atom. The van der Waals surface area contributed by atoms with Gasteiger partial charge in [0.05, 0.1) is 25.5 Å². The van der Waals surface area contributed by atoms with Crippen molar-refractivity contribution in [1.29, 1.82) is 0 Å². The second kappa shape index (κ2) is 9.91. The summed E-state index contributed by atoms with van der Waals surface area (Å²) >= 11 is 0. The fraction of sp³-hybridized carbons (Fsp3) is 0.407. The summed E-state index contributed by atoms with van der Waals surface area (Å²) in [6.07, 6.45) is 5.95. The van der Waals surface area contributed by atoms with E-state index in [1.807, 2.05) is 36.1 Å². The number of carbonyl (C=O) groups is 1.